The Morgan fingerprint density at radius 2 is 1.74 bits per heavy atom. The van der Waals surface area contributed by atoms with E-state index in [9.17, 15) is 9.59 Å². The lowest BCUT2D eigenvalue weighted by atomic mass is 9.99. The topological polar surface area (TPSA) is 49.4 Å². The van der Waals surface area contributed by atoms with E-state index >= 15 is 0 Å². The number of amides is 1. The Hall–Kier alpha value is -1.39. The van der Waals surface area contributed by atoms with Crippen molar-refractivity contribution < 1.29 is 9.59 Å². The van der Waals surface area contributed by atoms with E-state index in [0.29, 0.717) is 18.0 Å². The zero-order valence-electron chi connectivity index (χ0n) is 14.6. The largest absolute Gasteiger partial charge is 0.344 e. The highest BCUT2D eigenvalue weighted by atomic mass is 35.5. The first-order valence-corrected chi connectivity index (χ1v) is 7.94. The van der Waals surface area contributed by atoms with Gasteiger partial charge in [0.25, 0.3) is 0 Å². The summed E-state index contributed by atoms with van der Waals surface area (Å²) < 4.78 is 0. The van der Waals surface area contributed by atoms with Crippen molar-refractivity contribution in [3.63, 3.8) is 0 Å². The smallest absolute Gasteiger partial charge is 0.222 e. The molecule has 130 valence electrons. The third-order valence-corrected chi connectivity index (χ3v) is 3.61. The van der Waals surface area contributed by atoms with E-state index in [4.69, 9.17) is 0 Å². The molecule has 1 N–H and O–H groups in total. The van der Waals surface area contributed by atoms with E-state index < -0.39 is 0 Å². The van der Waals surface area contributed by atoms with Crippen molar-refractivity contribution in [3.8, 4) is 0 Å². The number of likely N-dealkylation sites (N-methyl/N-ethyl adjacent to an activating group) is 2. The van der Waals surface area contributed by atoms with Crippen LogP contribution in [0.25, 0.3) is 0 Å². The van der Waals surface area contributed by atoms with Gasteiger partial charge in [-0.15, -0.1) is 12.4 Å². The summed E-state index contributed by atoms with van der Waals surface area (Å²) in [6.07, 6.45) is 1.56. The molecule has 1 rings (SSSR count). The van der Waals surface area contributed by atoms with Crippen molar-refractivity contribution in [2.45, 2.75) is 33.1 Å². The normalized spacial score (nSPS) is 10.3. The Morgan fingerprint density at radius 1 is 1.13 bits per heavy atom. The van der Waals surface area contributed by atoms with Crippen LogP contribution in [0.5, 0.6) is 0 Å². The van der Waals surface area contributed by atoms with Gasteiger partial charge in [0.15, 0.2) is 5.78 Å². The zero-order chi connectivity index (χ0) is 16.5. The summed E-state index contributed by atoms with van der Waals surface area (Å²) in [4.78, 5) is 25.7. The van der Waals surface area contributed by atoms with Crippen molar-refractivity contribution in [2.24, 2.45) is 5.92 Å². The highest BCUT2D eigenvalue weighted by Gasteiger charge is 2.12. The zero-order valence-corrected chi connectivity index (χ0v) is 15.4. The van der Waals surface area contributed by atoms with Crippen LogP contribution in [0.2, 0.25) is 0 Å². The first-order chi connectivity index (χ1) is 10.4. The molecule has 0 aliphatic rings. The van der Waals surface area contributed by atoms with Crippen LogP contribution in [-0.2, 0) is 11.2 Å². The van der Waals surface area contributed by atoms with Crippen LogP contribution in [0.4, 0.5) is 0 Å². The Kier molecular flexibility index (Phi) is 10.5. The molecule has 5 heteroatoms. The fourth-order valence-corrected chi connectivity index (χ4v) is 2.26. The number of benzene rings is 1. The molecule has 4 nitrogen and oxygen atoms in total. The molecule has 1 aromatic carbocycles. The Labute approximate surface area is 146 Å². The molecule has 0 unspecified atom stereocenters. The van der Waals surface area contributed by atoms with Gasteiger partial charge in [0.2, 0.25) is 5.91 Å². The second-order valence-corrected chi connectivity index (χ2v) is 6.14. The van der Waals surface area contributed by atoms with E-state index in [1.807, 2.05) is 31.3 Å². The van der Waals surface area contributed by atoms with Gasteiger partial charge < -0.3 is 10.2 Å². The summed E-state index contributed by atoms with van der Waals surface area (Å²) >= 11 is 0. The first kappa shape index (κ1) is 21.6. The van der Waals surface area contributed by atoms with E-state index in [0.717, 1.165) is 13.0 Å². The van der Waals surface area contributed by atoms with Gasteiger partial charge in [-0.05, 0) is 24.9 Å². The second-order valence-electron chi connectivity index (χ2n) is 6.14. The molecule has 0 radical (unpaired) electrons. The first-order valence-electron chi connectivity index (χ1n) is 7.94. The fourth-order valence-electron chi connectivity index (χ4n) is 2.26. The molecule has 0 aromatic heterocycles. The molecular formula is C18H29ClN2O2. The van der Waals surface area contributed by atoms with Gasteiger partial charge in [0.05, 0.1) is 0 Å². The Morgan fingerprint density at radius 3 is 2.26 bits per heavy atom. The second kappa shape index (κ2) is 11.2. The lowest BCUT2D eigenvalue weighted by Gasteiger charge is -2.16. The average Bonchev–Trinajstić information content (AvgIpc) is 2.50. The number of carbonyl (C=O) groups is 2. The van der Waals surface area contributed by atoms with Crippen LogP contribution < -0.4 is 5.32 Å². The Balaban J connectivity index is 0.00000484. The molecule has 0 saturated heterocycles. The van der Waals surface area contributed by atoms with Crippen molar-refractivity contribution in [2.75, 3.05) is 27.2 Å². The summed E-state index contributed by atoms with van der Waals surface area (Å²) in [6, 6.07) is 7.76. The lowest BCUT2D eigenvalue weighted by Crippen LogP contribution is -2.32. The van der Waals surface area contributed by atoms with Crippen molar-refractivity contribution >= 4 is 24.1 Å². The predicted molar refractivity (Wildman–Crippen MR) is 97.4 cm³/mol. The number of nitrogens with one attached hydrogen (secondary N) is 1. The SMILES string of the molecule is CNCCN(C)C(=O)CCC(=O)c1ccc(CC(C)C)cc1.Cl. The van der Waals surface area contributed by atoms with Crippen LogP contribution in [0.1, 0.15) is 42.6 Å². The molecular weight excluding hydrogens is 312 g/mol. The van der Waals surface area contributed by atoms with Crippen LogP contribution in [-0.4, -0.2) is 43.8 Å². The van der Waals surface area contributed by atoms with Gasteiger partial charge in [-0.2, -0.15) is 0 Å². The molecule has 0 aliphatic heterocycles. The van der Waals surface area contributed by atoms with Gasteiger partial charge in [0.1, 0.15) is 0 Å². The van der Waals surface area contributed by atoms with Crippen LogP contribution in [0.3, 0.4) is 0 Å². The molecule has 0 heterocycles. The van der Waals surface area contributed by atoms with E-state index in [1.54, 1.807) is 11.9 Å². The number of hydrogen-bond acceptors (Lipinski definition) is 3. The molecule has 0 spiro atoms. The summed E-state index contributed by atoms with van der Waals surface area (Å²) in [5, 5.41) is 3.00. The summed E-state index contributed by atoms with van der Waals surface area (Å²) in [7, 11) is 3.62. The van der Waals surface area contributed by atoms with Crippen LogP contribution >= 0.6 is 12.4 Å². The van der Waals surface area contributed by atoms with Crippen molar-refractivity contribution in [1.82, 2.24) is 10.2 Å². The Bertz CT molecular complexity index is 486. The van der Waals surface area contributed by atoms with Crippen LogP contribution in [0, 0.1) is 5.92 Å². The predicted octanol–water partition coefficient (Wildman–Crippen LogP) is 2.95. The van der Waals surface area contributed by atoms with Gasteiger partial charge in [-0.1, -0.05) is 38.1 Å². The number of carbonyl (C=O) groups excluding carboxylic acids is 2. The average molecular weight is 341 g/mol. The molecule has 0 atom stereocenters. The third-order valence-electron chi connectivity index (χ3n) is 3.61. The van der Waals surface area contributed by atoms with Gasteiger partial charge in [-0.3, -0.25) is 9.59 Å². The third kappa shape index (κ3) is 8.14. The fraction of sp³-hybridized carbons (Fsp3) is 0.556. The highest BCUT2D eigenvalue weighted by Crippen LogP contribution is 2.12. The maximum Gasteiger partial charge on any atom is 0.222 e. The van der Waals surface area contributed by atoms with Gasteiger partial charge in [0, 0.05) is 38.5 Å². The number of nitrogens with zero attached hydrogens (tertiary/aromatic N) is 1. The minimum atomic E-state index is 0. The number of halogens is 1. The van der Waals surface area contributed by atoms with Gasteiger partial charge >= 0.3 is 0 Å². The molecule has 0 saturated carbocycles. The highest BCUT2D eigenvalue weighted by molar-refractivity contribution is 5.97. The van der Waals surface area contributed by atoms with E-state index in [2.05, 4.69) is 19.2 Å². The van der Waals surface area contributed by atoms with Crippen LogP contribution in [0.15, 0.2) is 24.3 Å². The molecule has 1 amide bonds. The maximum absolute atomic E-state index is 12.1. The lowest BCUT2D eigenvalue weighted by molar-refractivity contribution is -0.129. The standard InChI is InChI=1S/C18H28N2O2.ClH/c1-14(2)13-15-5-7-16(8-6-15)17(21)9-10-18(22)20(4)12-11-19-3;/h5-8,14,19H,9-13H2,1-4H3;1H. The minimum Gasteiger partial charge on any atom is -0.344 e. The number of hydrogen-bond donors (Lipinski definition) is 1. The monoisotopic (exact) mass is 340 g/mol. The molecule has 23 heavy (non-hydrogen) atoms. The van der Waals surface area contributed by atoms with Gasteiger partial charge in [-0.25, -0.2) is 0 Å². The summed E-state index contributed by atoms with van der Waals surface area (Å²) in [6.45, 7) is 5.77. The summed E-state index contributed by atoms with van der Waals surface area (Å²) in [5.74, 6) is 0.652. The number of Topliss-reactive ketones (excluding diaryl/α,β-unsaturated/α-hetero) is 1. The number of ketones is 1. The van der Waals surface area contributed by atoms with Crippen molar-refractivity contribution in [3.05, 3.63) is 35.4 Å². The molecule has 0 fully saturated rings. The molecule has 0 aliphatic carbocycles. The maximum atomic E-state index is 12.1. The van der Waals surface area contributed by atoms with E-state index in [-0.39, 0.29) is 36.9 Å². The minimum absolute atomic E-state index is 0. The number of rotatable bonds is 9. The quantitative estimate of drug-likeness (QED) is 0.703. The summed E-state index contributed by atoms with van der Waals surface area (Å²) in [5.41, 5.74) is 1.94. The molecule has 1 aromatic rings. The van der Waals surface area contributed by atoms with Crippen molar-refractivity contribution in [1.29, 1.82) is 0 Å². The molecule has 0 bridgehead atoms. The van der Waals surface area contributed by atoms with E-state index in [1.165, 1.54) is 5.56 Å².